The molecule has 0 nitrogen and oxygen atoms in total. The second-order valence-corrected chi connectivity index (χ2v) is 3.72. The lowest BCUT2D eigenvalue weighted by molar-refractivity contribution is 1.09. The van der Waals surface area contributed by atoms with Crippen molar-refractivity contribution in [3.8, 4) is 0 Å². The second-order valence-electron chi connectivity index (χ2n) is 3.72. The van der Waals surface area contributed by atoms with E-state index in [0.717, 1.165) is 0 Å². The Morgan fingerprint density at radius 2 is 0.364 bits per heavy atom. The average molecular weight is 305 g/mol. The Bertz CT molecular complexity index is 199. The predicted octanol–water partition coefficient (Wildman–Crippen LogP) is 8.26. The average Bonchev–Trinajstić information content (AvgIpc) is 2.63. The minimum Gasteiger partial charge on any atom is -0.0683 e. The first-order valence-electron chi connectivity index (χ1n) is 8.83. The van der Waals surface area contributed by atoms with Gasteiger partial charge in [-0.05, 0) is 0 Å². The van der Waals surface area contributed by atoms with Gasteiger partial charge < -0.3 is 0 Å². The highest BCUT2D eigenvalue weighted by atomic mass is 13.7. The molecule has 0 spiro atoms. The quantitative estimate of drug-likeness (QED) is 0.459. The Labute approximate surface area is 141 Å². The van der Waals surface area contributed by atoms with Gasteiger partial charge in [0, 0.05) is 0 Å². The Morgan fingerprint density at radius 1 is 0.318 bits per heavy atom. The maximum absolute atomic E-state index is 2.12. The second kappa shape index (κ2) is 42.7. The van der Waals surface area contributed by atoms with Crippen LogP contribution in [0.4, 0.5) is 0 Å². The summed E-state index contributed by atoms with van der Waals surface area (Å²) in [5.41, 5.74) is 0. The Hall–Kier alpha value is -1.56. The van der Waals surface area contributed by atoms with Crippen molar-refractivity contribution < 1.29 is 0 Å². The monoisotopic (exact) mass is 304 g/mol. The zero-order valence-electron chi connectivity index (χ0n) is 16.3. The summed E-state index contributed by atoms with van der Waals surface area (Å²) >= 11 is 0. The normalized spacial score (nSPS) is 6.55. The van der Waals surface area contributed by atoms with Gasteiger partial charge in [-0.25, -0.2) is 0 Å². The molecular weight excluding hydrogens is 264 g/mol. The van der Waals surface area contributed by atoms with Crippen molar-refractivity contribution in [2.75, 3.05) is 0 Å². The molecule has 0 saturated carbocycles. The van der Waals surface area contributed by atoms with Crippen LogP contribution >= 0.6 is 0 Å². The van der Waals surface area contributed by atoms with Crippen molar-refractivity contribution in [2.45, 2.75) is 68.2 Å². The fraction of sp³-hybridized carbons (Fsp3) is 0.455. The summed E-state index contributed by atoms with van der Waals surface area (Å²) in [5.74, 6) is 0. The van der Waals surface area contributed by atoms with Gasteiger partial charge in [-0.15, -0.1) is 0 Å². The number of hydrogen-bond donors (Lipinski definition) is 0. The van der Waals surface area contributed by atoms with Crippen molar-refractivity contribution in [3.63, 3.8) is 0 Å². The van der Waals surface area contributed by atoms with E-state index in [2.05, 4.69) is 27.7 Å². The molecule has 0 heteroatoms. The van der Waals surface area contributed by atoms with Gasteiger partial charge in [0.15, 0.2) is 0 Å². The molecule has 0 radical (unpaired) electrons. The molecule has 22 heavy (non-hydrogen) atoms. The third-order valence-electron chi connectivity index (χ3n) is 1.33. The molecule has 0 aliphatic rings. The molecule has 0 amide bonds. The summed E-state index contributed by atoms with van der Waals surface area (Å²) in [6, 6.07) is 24.0. The Kier molecular flexibility index (Phi) is 55.5. The molecule has 0 unspecified atom stereocenters. The highest BCUT2D eigenvalue weighted by molar-refractivity contribution is 4.99. The Morgan fingerprint density at radius 3 is 0.409 bits per heavy atom. The van der Waals surface area contributed by atoms with Gasteiger partial charge in [-0.1, -0.05) is 141 Å². The van der Waals surface area contributed by atoms with Crippen LogP contribution in [0.3, 0.4) is 0 Å². The van der Waals surface area contributed by atoms with E-state index in [1.165, 1.54) is 12.8 Å². The minimum atomic E-state index is 1.25. The van der Waals surface area contributed by atoms with Crippen molar-refractivity contribution in [3.05, 3.63) is 72.8 Å². The van der Waals surface area contributed by atoms with Gasteiger partial charge in [0.25, 0.3) is 0 Å². The first-order chi connectivity index (χ1) is 10.8. The van der Waals surface area contributed by atoms with E-state index in [9.17, 15) is 0 Å². The molecule has 0 bridgehead atoms. The standard InChI is InChI=1S/2C6H6.2C3H8.2C2H6/c2*1-2-4-6-5-3-1;2*1-3-2;2*1-2/h2*1-6H;2*3H2,1-2H3;2*1-2H3. The van der Waals surface area contributed by atoms with Crippen LogP contribution in [0.2, 0.25) is 0 Å². The predicted molar refractivity (Wildman–Crippen MR) is 108 cm³/mol. The molecule has 0 saturated heterocycles. The first kappa shape index (κ1) is 28.6. The molecule has 2 rings (SSSR count). The van der Waals surface area contributed by atoms with Gasteiger partial charge in [0.1, 0.15) is 0 Å². The van der Waals surface area contributed by atoms with Gasteiger partial charge >= 0.3 is 0 Å². The van der Waals surface area contributed by atoms with E-state index in [0.29, 0.717) is 0 Å². The van der Waals surface area contributed by atoms with Crippen molar-refractivity contribution in [2.24, 2.45) is 0 Å². The zero-order valence-corrected chi connectivity index (χ0v) is 16.3. The van der Waals surface area contributed by atoms with Crippen LogP contribution in [0.5, 0.6) is 0 Å². The smallest absolute Gasteiger partial charge is 0.0590 e. The topological polar surface area (TPSA) is 0 Å². The largest absolute Gasteiger partial charge is 0.0683 e. The zero-order chi connectivity index (χ0) is 17.9. The van der Waals surface area contributed by atoms with Crippen LogP contribution in [0.25, 0.3) is 0 Å². The van der Waals surface area contributed by atoms with Gasteiger partial charge in [0.05, 0.1) is 0 Å². The van der Waals surface area contributed by atoms with Gasteiger partial charge in [-0.2, -0.15) is 0 Å². The van der Waals surface area contributed by atoms with Crippen LogP contribution in [0.1, 0.15) is 68.2 Å². The van der Waals surface area contributed by atoms with E-state index in [4.69, 9.17) is 0 Å². The van der Waals surface area contributed by atoms with E-state index in [1.54, 1.807) is 0 Å². The number of benzene rings is 2. The molecule has 2 aromatic carbocycles. The third-order valence-corrected chi connectivity index (χ3v) is 1.33. The SMILES string of the molecule is CC.CC.CCC.CCC.c1ccccc1.c1ccccc1. The highest BCUT2D eigenvalue weighted by Crippen LogP contribution is 1.80. The van der Waals surface area contributed by atoms with E-state index in [-0.39, 0.29) is 0 Å². The first-order valence-corrected chi connectivity index (χ1v) is 8.83. The molecule has 0 aliphatic heterocycles. The molecular formula is C22H40. The van der Waals surface area contributed by atoms with Crippen LogP contribution in [0.15, 0.2) is 72.8 Å². The Balaban J connectivity index is -0.0000000954. The van der Waals surface area contributed by atoms with E-state index >= 15 is 0 Å². The summed E-state index contributed by atoms with van der Waals surface area (Å²) in [7, 11) is 0. The van der Waals surface area contributed by atoms with Crippen LogP contribution in [-0.4, -0.2) is 0 Å². The number of rotatable bonds is 0. The summed E-state index contributed by atoms with van der Waals surface area (Å²) < 4.78 is 0. The molecule has 0 aliphatic carbocycles. The van der Waals surface area contributed by atoms with Gasteiger partial charge in [0.2, 0.25) is 0 Å². The van der Waals surface area contributed by atoms with Crippen molar-refractivity contribution in [1.82, 2.24) is 0 Å². The lowest BCUT2D eigenvalue weighted by Crippen LogP contribution is -1.47. The molecule has 0 atom stereocenters. The van der Waals surface area contributed by atoms with Crippen LogP contribution in [0, 0.1) is 0 Å². The summed E-state index contributed by atoms with van der Waals surface area (Å²) in [6.07, 6.45) is 2.50. The molecule has 0 heterocycles. The fourth-order valence-corrected chi connectivity index (χ4v) is 0.770. The summed E-state index contributed by atoms with van der Waals surface area (Å²) in [4.78, 5) is 0. The van der Waals surface area contributed by atoms with E-state index < -0.39 is 0 Å². The molecule has 0 N–H and O–H groups in total. The molecule has 2 aromatic rings. The lowest BCUT2D eigenvalue weighted by Gasteiger charge is -1.69. The van der Waals surface area contributed by atoms with Gasteiger partial charge in [-0.3, -0.25) is 0 Å². The lowest BCUT2D eigenvalue weighted by atomic mass is 10.4. The van der Waals surface area contributed by atoms with Crippen molar-refractivity contribution in [1.29, 1.82) is 0 Å². The third kappa shape index (κ3) is 51.5. The molecule has 128 valence electrons. The fourth-order valence-electron chi connectivity index (χ4n) is 0.770. The summed E-state index contributed by atoms with van der Waals surface area (Å²) in [6.45, 7) is 16.5. The summed E-state index contributed by atoms with van der Waals surface area (Å²) in [5, 5.41) is 0. The minimum absolute atomic E-state index is 1.25. The van der Waals surface area contributed by atoms with Crippen molar-refractivity contribution >= 4 is 0 Å². The number of hydrogen-bond acceptors (Lipinski definition) is 0. The van der Waals surface area contributed by atoms with Crippen LogP contribution < -0.4 is 0 Å². The molecule has 0 aromatic heterocycles. The van der Waals surface area contributed by atoms with Crippen LogP contribution in [-0.2, 0) is 0 Å². The van der Waals surface area contributed by atoms with E-state index in [1.807, 2.05) is 100 Å². The highest BCUT2D eigenvalue weighted by Gasteiger charge is 1.58. The maximum atomic E-state index is 2.12. The molecule has 0 fully saturated rings. The maximum Gasteiger partial charge on any atom is -0.0590 e.